The van der Waals surface area contributed by atoms with Gasteiger partial charge in [0.25, 0.3) is 0 Å². The molecule has 0 bridgehead atoms. The first kappa shape index (κ1) is 16.0. The van der Waals surface area contributed by atoms with Crippen molar-refractivity contribution < 1.29 is 4.79 Å². The first-order chi connectivity index (χ1) is 9.76. The van der Waals surface area contributed by atoms with Crippen LogP contribution >= 0.6 is 0 Å². The highest BCUT2D eigenvalue weighted by Gasteiger charge is 2.33. The number of rotatable bonds is 3. The quantitative estimate of drug-likeness (QED) is 0.897. The Hall–Kier alpha value is -1.39. The number of piperidine rings is 1. The molecule has 1 aromatic carbocycles. The number of hydrogen-bond acceptors (Lipinski definition) is 3. The van der Waals surface area contributed by atoms with Gasteiger partial charge in [0.05, 0.1) is 6.54 Å². The van der Waals surface area contributed by atoms with Gasteiger partial charge >= 0.3 is 0 Å². The third-order valence-electron chi connectivity index (χ3n) is 4.26. The van der Waals surface area contributed by atoms with Gasteiger partial charge in [-0.05, 0) is 48.9 Å². The number of carbonyl (C=O) groups excluding carboxylic acids is 1. The predicted molar refractivity (Wildman–Crippen MR) is 87.4 cm³/mol. The standard InChI is InChI=1S/C17H27N3O/c1-12-7-13(2)9-14(8-12)19-16(21)10-20-6-5-15(18)17(3,4)11-20/h7-9,15H,5-6,10-11,18H2,1-4H3,(H,19,21). The molecule has 1 atom stereocenters. The highest BCUT2D eigenvalue weighted by molar-refractivity contribution is 5.92. The van der Waals surface area contributed by atoms with E-state index in [9.17, 15) is 4.79 Å². The number of likely N-dealkylation sites (tertiary alicyclic amines) is 1. The van der Waals surface area contributed by atoms with Crippen molar-refractivity contribution in [3.05, 3.63) is 29.3 Å². The van der Waals surface area contributed by atoms with Crippen LogP contribution in [-0.4, -0.2) is 36.5 Å². The van der Waals surface area contributed by atoms with Crippen LogP contribution in [0, 0.1) is 19.3 Å². The lowest BCUT2D eigenvalue weighted by Gasteiger charge is -2.42. The number of carbonyl (C=O) groups is 1. The van der Waals surface area contributed by atoms with Gasteiger partial charge in [-0.1, -0.05) is 19.9 Å². The lowest BCUT2D eigenvalue weighted by molar-refractivity contribution is -0.118. The van der Waals surface area contributed by atoms with Gasteiger partial charge in [0, 0.05) is 24.8 Å². The van der Waals surface area contributed by atoms with E-state index in [0.717, 1.165) is 36.3 Å². The van der Waals surface area contributed by atoms with E-state index in [-0.39, 0.29) is 17.4 Å². The van der Waals surface area contributed by atoms with E-state index in [1.807, 2.05) is 26.0 Å². The van der Waals surface area contributed by atoms with Crippen LogP contribution in [0.1, 0.15) is 31.4 Å². The molecule has 0 saturated carbocycles. The monoisotopic (exact) mass is 289 g/mol. The number of nitrogens with zero attached hydrogens (tertiary/aromatic N) is 1. The Labute approximate surface area is 127 Å². The van der Waals surface area contributed by atoms with E-state index in [1.54, 1.807) is 0 Å². The van der Waals surface area contributed by atoms with Gasteiger partial charge in [0.1, 0.15) is 0 Å². The number of benzene rings is 1. The maximum absolute atomic E-state index is 12.2. The Morgan fingerprint density at radius 2 is 1.95 bits per heavy atom. The fraction of sp³-hybridized carbons (Fsp3) is 0.588. The summed E-state index contributed by atoms with van der Waals surface area (Å²) in [7, 11) is 0. The molecule has 1 saturated heterocycles. The molecular weight excluding hydrogens is 262 g/mol. The fourth-order valence-corrected chi connectivity index (χ4v) is 3.07. The summed E-state index contributed by atoms with van der Waals surface area (Å²) in [5.74, 6) is 0.0475. The third kappa shape index (κ3) is 4.29. The summed E-state index contributed by atoms with van der Waals surface area (Å²) in [6.07, 6.45) is 0.948. The molecule has 1 aromatic rings. The second kappa shape index (κ2) is 6.16. The minimum Gasteiger partial charge on any atom is -0.327 e. The fourth-order valence-electron chi connectivity index (χ4n) is 3.07. The van der Waals surface area contributed by atoms with Crippen LogP contribution in [0.4, 0.5) is 5.69 Å². The average Bonchev–Trinajstić information content (AvgIpc) is 2.32. The topological polar surface area (TPSA) is 58.4 Å². The summed E-state index contributed by atoms with van der Waals surface area (Å²) >= 11 is 0. The van der Waals surface area contributed by atoms with Crippen molar-refractivity contribution in [1.82, 2.24) is 4.90 Å². The van der Waals surface area contributed by atoms with Gasteiger partial charge in [0.2, 0.25) is 5.91 Å². The van der Waals surface area contributed by atoms with Crippen LogP contribution in [-0.2, 0) is 4.79 Å². The maximum atomic E-state index is 12.2. The van der Waals surface area contributed by atoms with Gasteiger partial charge in [-0.15, -0.1) is 0 Å². The number of nitrogens with two attached hydrogens (primary N) is 1. The van der Waals surface area contributed by atoms with Crippen molar-refractivity contribution in [3.63, 3.8) is 0 Å². The van der Waals surface area contributed by atoms with Crippen LogP contribution in [0.3, 0.4) is 0 Å². The second-order valence-electron chi connectivity index (χ2n) is 7.02. The van der Waals surface area contributed by atoms with Gasteiger partial charge in [-0.25, -0.2) is 0 Å². The van der Waals surface area contributed by atoms with Crippen LogP contribution in [0.15, 0.2) is 18.2 Å². The van der Waals surface area contributed by atoms with E-state index >= 15 is 0 Å². The molecule has 1 amide bonds. The number of aryl methyl sites for hydroxylation is 2. The summed E-state index contributed by atoms with van der Waals surface area (Å²) in [6, 6.07) is 6.32. The zero-order valence-electron chi connectivity index (χ0n) is 13.6. The molecule has 3 N–H and O–H groups in total. The van der Waals surface area contributed by atoms with E-state index in [2.05, 4.69) is 30.1 Å². The van der Waals surface area contributed by atoms with Gasteiger partial charge in [-0.2, -0.15) is 0 Å². The van der Waals surface area contributed by atoms with Crippen molar-refractivity contribution >= 4 is 11.6 Å². The van der Waals surface area contributed by atoms with Crippen molar-refractivity contribution in [2.75, 3.05) is 25.0 Å². The Balaban J connectivity index is 1.93. The SMILES string of the molecule is Cc1cc(C)cc(NC(=O)CN2CCC(N)C(C)(C)C2)c1. The van der Waals surface area contributed by atoms with E-state index in [1.165, 1.54) is 0 Å². The molecule has 0 aromatic heterocycles. The molecular formula is C17H27N3O. The van der Waals surface area contributed by atoms with Crippen molar-refractivity contribution in [1.29, 1.82) is 0 Å². The Bertz CT molecular complexity index is 505. The molecule has 1 fully saturated rings. The largest absolute Gasteiger partial charge is 0.327 e. The summed E-state index contributed by atoms with van der Waals surface area (Å²) in [4.78, 5) is 14.4. The molecule has 21 heavy (non-hydrogen) atoms. The summed E-state index contributed by atoms with van der Waals surface area (Å²) < 4.78 is 0. The molecule has 4 heteroatoms. The summed E-state index contributed by atoms with van der Waals surface area (Å²) in [5, 5.41) is 3.00. The molecule has 0 spiro atoms. The third-order valence-corrected chi connectivity index (χ3v) is 4.26. The Morgan fingerprint density at radius 3 is 2.52 bits per heavy atom. The first-order valence-corrected chi connectivity index (χ1v) is 7.62. The van der Waals surface area contributed by atoms with Crippen molar-refractivity contribution in [3.8, 4) is 0 Å². The molecule has 4 nitrogen and oxygen atoms in total. The smallest absolute Gasteiger partial charge is 0.238 e. The van der Waals surface area contributed by atoms with Crippen LogP contribution in [0.25, 0.3) is 0 Å². The number of hydrogen-bond donors (Lipinski definition) is 2. The van der Waals surface area contributed by atoms with Crippen molar-refractivity contribution in [2.45, 2.75) is 40.2 Å². The lowest BCUT2D eigenvalue weighted by atomic mass is 9.80. The number of anilines is 1. The molecule has 2 rings (SSSR count). The predicted octanol–water partition coefficient (Wildman–Crippen LogP) is 2.30. The van der Waals surface area contributed by atoms with Gasteiger partial charge < -0.3 is 11.1 Å². The highest BCUT2D eigenvalue weighted by Crippen LogP contribution is 2.27. The first-order valence-electron chi connectivity index (χ1n) is 7.62. The highest BCUT2D eigenvalue weighted by atomic mass is 16.2. The Morgan fingerprint density at radius 1 is 1.33 bits per heavy atom. The zero-order chi connectivity index (χ0) is 15.6. The average molecular weight is 289 g/mol. The minimum atomic E-state index is 0.0475. The van der Waals surface area contributed by atoms with Crippen LogP contribution in [0.5, 0.6) is 0 Å². The second-order valence-corrected chi connectivity index (χ2v) is 7.02. The van der Waals surface area contributed by atoms with E-state index in [0.29, 0.717) is 6.54 Å². The van der Waals surface area contributed by atoms with E-state index < -0.39 is 0 Å². The molecule has 116 valence electrons. The zero-order valence-corrected chi connectivity index (χ0v) is 13.6. The van der Waals surface area contributed by atoms with Gasteiger partial charge in [0.15, 0.2) is 0 Å². The molecule has 1 aliphatic heterocycles. The number of amides is 1. The number of nitrogens with one attached hydrogen (secondary N) is 1. The summed E-state index contributed by atoms with van der Waals surface area (Å²) in [5.41, 5.74) is 9.41. The van der Waals surface area contributed by atoms with Gasteiger partial charge in [-0.3, -0.25) is 9.69 Å². The minimum absolute atomic E-state index is 0.0475. The van der Waals surface area contributed by atoms with E-state index in [4.69, 9.17) is 5.73 Å². The Kier molecular flexibility index (Phi) is 4.69. The molecule has 0 radical (unpaired) electrons. The molecule has 1 aliphatic rings. The van der Waals surface area contributed by atoms with Crippen LogP contribution < -0.4 is 11.1 Å². The summed E-state index contributed by atoms with van der Waals surface area (Å²) in [6.45, 7) is 10.6. The maximum Gasteiger partial charge on any atom is 0.238 e. The van der Waals surface area contributed by atoms with Crippen molar-refractivity contribution in [2.24, 2.45) is 11.1 Å². The lowest BCUT2D eigenvalue weighted by Crippen LogP contribution is -2.53. The normalized spacial score (nSPS) is 22.0. The molecule has 1 unspecified atom stereocenters. The molecule has 1 heterocycles. The molecule has 0 aliphatic carbocycles. The van der Waals surface area contributed by atoms with Crippen LogP contribution in [0.2, 0.25) is 0 Å².